The Hall–Kier alpha value is -3.55. The molecule has 8 heteroatoms. The highest BCUT2D eigenvalue weighted by Gasteiger charge is 2.20. The van der Waals surface area contributed by atoms with E-state index >= 15 is 0 Å². The van der Waals surface area contributed by atoms with Crippen LogP contribution in [-0.4, -0.2) is 33.6 Å². The van der Waals surface area contributed by atoms with Crippen molar-refractivity contribution >= 4 is 17.5 Å². The lowest BCUT2D eigenvalue weighted by molar-refractivity contribution is -0.139. The lowest BCUT2D eigenvalue weighted by atomic mass is 10.1. The number of benzene rings is 1. The van der Waals surface area contributed by atoms with Crippen molar-refractivity contribution in [3.05, 3.63) is 75.6 Å². The van der Waals surface area contributed by atoms with Gasteiger partial charge in [-0.05, 0) is 49.7 Å². The first kappa shape index (κ1) is 19.2. The summed E-state index contributed by atoms with van der Waals surface area (Å²) in [4.78, 5) is 33.5. The fourth-order valence-electron chi connectivity index (χ4n) is 2.78. The summed E-state index contributed by atoms with van der Waals surface area (Å²) in [5.74, 6) is -0.435. The van der Waals surface area contributed by atoms with E-state index in [9.17, 15) is 14.0 Å². The van der Waals surface area contributed by atoms with Crippen LogP contribution in [0.25, 0.3) is 5.69 Å². The molecule has 0 aliphatic carbocycles. The van der Waals surface area contributed by atoms with E-state index in [1.54, 1.807) is 19.2 Å². The first-order valence-corrected chi connectivity index (χ1v) is 8.54. The van der Waals surface area contributed by atoms with Crippen molar-refractivity contribution in [3.63, 3.8) is 0 Å². The number of methoxy groups -OCH3 is 1. The molecule has 2 heterocycles. The average Bonchev–Trinajstić information content (AvgIpc) is 3.00. The van der Waals surface area contributed by atoms with Gasteiger partial charge in [0, 0.05) is 6.20 Å². The van der Waals surface area contributed by atoms with Gasteiger partial charge in [-0.15, -0.1) is 0 Å². The lowest BCUT2D eigenvalue weighted by Gasteiger charge is -2.03. The van der Waals surface area contributed by atoms with Crippen molar-refractivity contribution in [2.75, 3.05) is 7.11 Å². The number of aryl methyl sites for hydroxylation is 1. The number of H-pyrrole nitrogens is 1. The van der Waals surface area contributed by atoms with Crippen LogP contribution in [0.1, 0.15) is 23.7 Å². The fraction of sp³-hybridized carbons (Fsp3) is 0.200. The van der Waals surface area contributed by atoms with E-state index in [0.29, 0.717) is 22.9 Å². The number of aromatic nitrogens is 3. The Bertz CT molecular complexity index is 1100. The van der Waals surface area contributed by atoms with Crippen LogP contribution >= 0.6 is 0 Å². The zero-order chi connectivity index (χ0) is 20.3. The van der Waals surface area contributed by atoms with E-state index in [4.69, 9.17) is 4.74 Å². The molecule has 0 saturated heterocycles. The number of nitrogens with one attached hydrogen (secondary N) is 1. The quantitative estimate of drug-likeness (QED) is 0.543. The van der Waals surface area contributed by atoms with Crippen LogP contribution in [0.4, 0.5) is 10.2 Å². The van der Waals surface area contributed by atoms with Crippen LogP contribution in [0.3, 0.4) is 0 Å². The zero-order valence-corrected chi connectivity index (χ0v) is 15.7. The molecule has 0 fully saturated rings. The third-order valence-electron chi connectivity index (χ3n) is 4.22. The minimum Gasteiger partial charge on any atom is -0.469 e. The molecule has 7 nitrogen and oxygen atoms in total. The number of hydrogen-bond acceptors (Lipinski definition) is 5. The van der Waals surface area contributed by atoms with E-state index in [0.717, 1.165) is 5.56 Å². The Morgan fingerprint density at radius 1 is 1.29 bits per heavy atom. The monoisotopic (exact) mass is 382 g/mol. The summed E-state index contributed by atoms with van der Waals surface area (Å²) in [6.07, 6.45) is 1.48. The van der Waals surface area contributed by atoms with E-state index in [-0.39, 0.29) is 12.0 Å². The molecule has 28 heavy (non-hydrogen) atoms. The molecule has 0 spiro atoms. The number of pyridine rings is 1. The molecule has 0 amide bonds. The largest absolute Gasteiger partial charge is 0.469 e. The molecule has 3 aromatic rings. The van der Waals surface area contributed by atoms with Gasteiger partial charge in [0.15, 0.2) is 5.82 Å². The first-order valence-electron chi connectivity index (χ1n) is 8.54. The van der Waals surface area contributed by atoms with Gasteiger partial charge in [0.25, 0.3) is 5.56 Å². The molecule has 0 aliphatic heterocycles. The van der Waals surface area contributed by atoms with E-state index in [1.165, 1.54) is 36.1 Å². The summed E-state index contributed by atoms with van der Waals surface area (Å²) < 4.78 is 19.2. The molecule has 0 atom stereocenters. The van der Waals surface area contributed by atoms with Crippen LogP contribution < -0.4 is 5.56 Å². The predicted molar refractivity (Wildman–Crippen MR) is 103 cm³/mol. The molecule has 144 valence electrons. The second-order valence-corrected chi connectivity index (χ2v) is 6.18. The summed E-state index contributed by atoms with van der Waals surface area (Å²) in [5.41, 5.74) is 1.90. The number of hydrogen-bond donors (Lipinski definition) is 1. The number of carbonyl (C=O) groups excluding carboxylic acids is 1. The molecule has 2 aromatic heterocycles. The number of carbonyl (C=O) groups is 1. The van der Waals surface area contributed by atoms with Gasteiger partial charge >= 0.3 is 5.97 Å². The van der Waals surface area contributed by atoms with Gasteiger partial charge in [-0.25, -0.2) is 19.0 Å². The van der Waals surface area contributed by atoms with Gasteiger partial charge in [0.1, 0.15) is 5.82 Å². The Morgan fingerprint density at radius 3 is 2.64 bits per heavy atom. The maximum atomic E-state index is 13.2. The summed E-state index contributed by atoms with van der Waals surface area (Å²) in [7, 11) is 1.27. The number of aliphatic imine (C=N–C) groups is 1. The molecule has 1 N–H and O–H groups in total. The number of nitrogens with zero attached hydrogens (tertiary/aromatic N) is 3. The highest BCUT2D eigenvalue weighted by Crippen LogP contribution is 2.17. The lowest BCUT2D eigenvalue weighted by Crippen LogP contribution is -2.20. The first-order chi connectivity index (χ1) is 13.4. The van der Waals surface area contributed by atoms with E-state index in [1.807, 2.05) is 13.0 Å². The average molecular weight is 382 g/mol. The van der Waals surface area contributed by atoms with Crippen molar-refractivity contribution in [1.29, 1.82) is 0 Å². The normalized spacial score (nSPS) is 11.5. The minimum atomic E-state index is -0.504. The van der Waals surface area contributed by atoms with E-state index < -0.39 is 17.3 Å². The van der Waals surface area contributed by atoms with Crippen LogP contribution in [0, 0.1) is 12.7 Å². The summed E-state index contributed by atoms with van der Waals surface area (Å²) in [6.45, 7) is 3.54. The van der Waals surface area contributed by atoms with Gasteiger partial charge in [-0.2, -0.15) is 0 Å². The molecule has 3 rings (SSSR count). The zero-order valence-electron chi connectivity index (χ0n) is 15.7. The van der Waals surface area contributed by atoms with Crippen LogP contribution in [0.5, 0.6) is 0 Å². The molecular formula is C20H19FN4O3. The molecule has 0 radical (unpaired) electrons. The SMILES string of the molecule is COC(=O)Cc1[nH]n(-c2ccc(F)cc2)c(=O)c1C(C)=Nc1ncccc1C. The Morgan fingerprint density at radius 2 is 2.00 bits per heavy atom. The van der Waals surface area contributed by atoms with Gasteiger partial charge < -0.3 is 4.74 Å². The van der Waals surface area contributed by atoms with E-state index in [2.05, 4.69) is 15.1 Å². The predicted octanol–water partition coefficient (Wildman–Crippen LogP) is 2.86. The minimum absolute atomic E-state index is 0.136. The molecule has 0 bridgehead atoms. The molecule has 0 aliphatic rings. The standard InChI is InChI=1S/C20H19FN4O3/c1-12-5-4-10-22-19(12)23-13(2)18-16(11-17(26)28-3)24-25(20(18)27)15-8-6-14(21)7-9-15/h4-10,24H,11H2,1-3H3. The van der Waals surface area contributed by atoms with Gasteiger partial charge in [-0.3, -0.25) is 14.7 Å². The second kappa shape index (κ2) is 7.99. The third kappa shape index (κ3) is 3.90. The smallest absolute Gasteiger partial charge is 0.311 e. The number of ether oxygens (including phenoxy) is 1. The van der Waals surface area contributed by atoms with Crippen molar-refractivity contribution < 1.29 is 13.9 Å². The Labute approximate surface area is 160 Å². The van der Waals surface area contributed by atoms with Crippen molar-refractivity contribution in [2.24, 2.45) is 4.99 Å². The second-order valence-electron chi connectivity index (χ2n) is 6.18. The van der Waals surface area contributed by atoms with Gasteiger partial charge in [0.2, 0.25) is 0 Å². The highest BCUT2D eigenvalue weighted by atomic mass is 19.1. The van der Waals surface area contributed by atoms with Crippen LogP contribution in [-0.2, 0) is 16.0 Å². The van der Waals surface area contributed by atoms with Crippen molar-refractivity contribution in [1.82, 2.24) is 14.8 Å². The Kier molecular flexibility index (Phi) is 5.49. The van der Waals surface area contributed by atoms with Crippen molar-refractivity contribution in [3.8, 4) is 5.69 Å². The molecule has 0 unspecified atom stereocenters. The Balaban J connectivity index is 2.15. The number of rotatable bonds is 5. The topological polar surface area (TPSA) is 89.3 Å². The number of halogens is 1. The summed E-state index contributed by atoms with van der Waals surface area (Å²) >= 11 is 0. The summed E-state index contributed by atoms with van der Waals surface area (Å²) in [5, 5.41) is 2.91. The van der Waals surface area contributed by atoms with Gasteiger partial charge in [0.05, 0.1) is 36.2 Å². The van der Waals surface area contributed by atoms with Crippen LogP contribution in [0.2, 0.25) is 0 Å². The molecular weight excluding hydrogens is 363 g/mol. The maximum Gasteiger partial charge on any atom is 0.311 e. The van der Waals surface area contributed by atoms with Crippen molar-refractivity contribution in [2.45, 2.75) is 20.3 Å². The molecule has 0 saturated carbocycles. The van der Waals surface area contributed by atoms with Gasteiger partial charge in [-0.1, -0.05) is 6.07 Å². The third-order valence-corrected chi connectivity index (χ3v) is 4.22. The summed E-state index contributed by atoms with van der Waals surface area (Å²) in [6, 6.07) is 9.09. The highest BCUT2D eigenvalue weighted by molar-refractivity contribution is 6.01. The number of esters is 1. The van der Waals surface area contributed by atoms with Crippen LogP contribution in [0.15, 0.2) is 52.4 Å². The maximum absolute atomic E-state index is 13.2. The fourth-order valence-corrected chi connectivity index (χ4v) is 2.78. The number of aromatic amines is 1. The molecule has 1 aromatic carbocycles.